The molecule has 0 aromatic heterocycles. The van der Waals surface area contributed by atoms with Gasteiger partial charge < -0.3 is 16.0 Å². The third-order valence-electron chi connectivity index (χ3n) is 2.74. The molecule has 0 radical (unpaired) electrons. The van der Waals surface area contributed by atoms with Gasteiger partial charge in [0.1, 0.15) is 0 Å². The number of Topliss-reactive ketones (excluding diaryl/α,β-unsaturated/α-hetero) is 1. The van der Waals surface area contributed by atoms with E-state index in [9.17, 15) is 14.4 Å². The molecule has 0 saturated carbocycles. The van der Waals surface area contributed by atoms with E-state index in [1.54, 1.807) is 0 Å². The molecule has 6 nitrogen and oxygen atoms in total. The fourth-order valence-corrected chi connectivity index (χ4v) is 1.19. The second-order valence-corrected chi connectivity index (χ2v) is 4.86. The highest BCUT2D eigenvalue weighted by atomic mass is 16.2. The van der Waals surface area contributed by atoms with Gasteiger partial charge in [-0.3, -0.25) is 14.4 Å². The summed E-state index contributed by atoms with van der Waals surface area (Å²) in [6, 6.07) is 0.215. The fourth-order valence-electron chi connectivity index (χ4n) is 1.19. The van der Waals surface area contributed by atoms with Crippen molar-refractivity contribution in [3.8, 4) is 0 Å². The van der Waals surface area contributed by atoms with Crippen molar-refractivity contribution in [1.29, 1.82) is 0 Å². The molecule has 0 aromatic rings. The van der Waals surface area contributed by atoms with Crippen LogP contribution in [0.3, 0.4) is 0 Å². The van der Waals surface area contributed by atoms with E-state index < -0.39 is 0 Å². The predicted molar refractivity (Wildman–Crippen MR) is 73.6 cm³/mol. The maximum atomic E-state index is 11.5. The van der Waals surface area contributed by atoms with Gasteiger partial charge in [0, 0.05) is 12.0 Å². The van der Waals surface area contributed by atoms with Gasteiger partial charge in [-0.1, -0.05) is 27.7 Å². The Kier molecular flexibility index (Phi) is 8.78. The third kappa shape index (κ3) is 9.18. The summed E-state index contributed by atoms with van der Waals surface area (Å²) in [5.41, 5.74) is 0. The highest BCUT2D eigenvalue weighted by molar-refractivity contribution is 5.89. The lowest BCUT2D eigenvalue weighted by molar-refractivity contribution is -0.127. The van der Waals surface area contributed by atoms with E-state index in [4.69, 9.17) is 0 Å². The quantitative estimate of drug-likeness (QED) is 0.543. The zero-order valence-corrected chi connectivity index (χ0v) is 12.2. The van der Waals surface area contributed by atoms with E-state index in [1.807, 2.05) is 27.7 Å². The standard InChI is InChI=1S/C13H25N3O3/c1-5-10(4)11(17)6-15-13(19)8-16-12(18)7-14-9(2)3/h9-10,14H,5-8H2,1-4H3,(H,15,19)(H,16,18). The molecular weight excluding hydrogens is 246 g/mol. The van der Waals surface area contributed by atoms with Crippen molar-refractivity contribution in [3.63, 3.8) is 0 Å². The van der Waals surface area contributed by atoms with Crippen molar-refractivity contribution >= 4 is 17.6 Å². The zero-order chi connectivity index (χ0) is 14.8. The van der Waals surface area contributed by atoms with Gasteiger partial charge in [0.15, 0.2) is 5.78 Å². The van der Waals surface area contributed by atoms with Gasteiger partial charge in [0.05, 0.1) is 19.6 Å². The van der Waals surface area contributed by atoms with Crippen molar-refractivity contribution in [1.82, 2.24) is 16.0 Å². The molecule has 0 aliphatic carbocycles. The summed E-state index contributed by atoms with van der Waals surface area (Å²) in [6.45, 7) is 7.71. The molecule has 0 aromatic carbocycles. The lowest BCUT2D eigenvalue weighted by Crippen LogP contribution is -2.43. The second-order valence-electron chi connectivity index (χ2n) is 4.86. The lowest BCUT2D eigenvalue weighted by Gasteiger charge is -2.10. The number of amides is 2. The smallest absolute Gasteiger partial charge is 0.239 e. The van der Waals surface area contributed by atoms with Crippen LogP contribution in [-0.4, -0.2) is 43.3 Å². The molecule has 0 spiro atoms. The summed E-state index contributed by atoms with van der Waals surface area (Å²) in [5.74, 6) is -0.638. The van der Waals surface area contributed by atoms with E-state index in [0.29, 0.717) is 0 Å². The van der Waals surface area contributed by atoms with Gasteiger partial charge in [-0.15, -0.1) is 0 Å². The minimum Gasteiger partial charge on any atom is -0.347 e. The van der Waals surface area contributed by atoms with Gasteiger partial charge in [0.25, 0.3) is 0 Å². The van der Waals surface area contributed by atoms with E-state index in [-0.39, 0.29) is 49.2 Å². The van der Waals surface area contributed by atoms with Crippen molar-refractivity contribution < 1.29 is 14.4 Å². The molecule has 3 N–H and O–H groups in total. The predicted octanol–water partition coefficient (Wildman–Crippen LogP) is -0.168. The molecule has 0 bridgehead atoms. The summed E-state index contributed by atoms with van der Waals surface area (Å²) in [6.07, 6.45) is 0.756. The minimum absolute atomic E-state index is 0.00338. The Morgan fingerprint density at radius 3 is 1.95 bits per heavy atom. The summed E-state index contributed by atoms with van der Waals surface area (Å²) in [7, 11) is 0. The first-order chi connectivity index (χ1) is 8.86. The molecule has 0 rings (SSSR count). The minimum atomic E-state index is -0.352. The van der Waals surface area contributed by atoms with Gasteiger partial charge in [-0.05, 0) is 6.42 Å². The van der Waals surface area contributed by atoms with E-state index >= 15 is 0 Å². The van der Waals surface area contributed by atoms with Crippen LogP contribution in [0.1, 0.15) is 34.1 Å². The summed E-state index contributed by atoms with van der Waals surface area (Å²) >= 11 is 0. The Balaban J connectivity index is 3.75. The summed E-state index contributed by atoms with van der Waals surface area (Å²) in [4.78, 5) is 34.2. The molecule has 2 amide bonds. The van der Waals surface area contributed by atoms with Gasteiger partial charge in [0.2, 0.25) is 11.8 Å². The number of nitrogens with one attached hydrogen (secondary N) is 3. The molecular formula is C13H25N3O3. The van der Waals surface area contributed by atoms with Crippen LogP contribution < -0.4 is 16.0 Å². The van der Waals surface area contributed by atoms with Crippen LogP contribution in [0, 0.1) is 5.92 Å². The molecule has 1 unspecified atom stereocenters. The fraction of sp³-hybridized carbons (Fsp3) is 0.769. The van der Waals surface area contributed by atoms with Crippen LogP contribution in [0.2, 0.25) is 0 Å². The van der Waals surface area contributed by atoms with E-state index in [1.165, 1.54) is 0 Å². The van der Waals surface area contributed by atoms with Crippen molar-refractivity contribution in [2.45, 2.75) is 40.2 Å². The molecule has 0 fully saturated rings. The molecule has 1 atom stereocenters. The van der Waals surface area contributed by atoms with Crippen molar-refractivity contribution in [2.24, 2.45) is 5.92 Å². The Bertz CT molecular complexity index is 316. The Morgan fingerprint density at radius 1 is 0.895 bits per heavy atom. The molecule has 110 valence electrons. The second kappa shape index (κ2) is 9.49. The average Bonchev–Trinajstić information content (AvgIpc) is 2.38. The monoisotopic (exact) mass is 271 g/mol. The Hall–Kier alpha value is -1.43. The summed E-state index contributed by atoms with van der Waals surface area (Å²) in [5, 5.41) is 7.92. The highest BCUT2D eigenvalue weighted by Gasteiger charge is 2.12. The SMILES string of the molecule is CCC(C)C(=O)CNC(=O)CNC(=O)CNC(C)C. The largest absolute Gasteiger partial charge is 0.347 e. The topological polar surface area (TPSA) is 87.3 Å². The van der Waals surface area contributed by atoms with Crippen molar-refractivity contribution in [2.75, 3.05) is 19.6 Å². The number of ketones is 1. The maximum Gasteiger partial charge on any atom is 0.239 e. The maximum absolute atomic E-state index is 11.5. The average molecular weight is 271 g/mol. The number of hydrogen-bond acceptors (Lipinski definition) is 4. The van der Waals surface area contributed by atoms with Crippen LogP contribution in [0.25, 0.3) is 0 Å². The third-order valence-corrected chi connectivity index (χ3v) is 2.74. The van der Waals surface area contributed by atoms with Crippen LogP contribution >= 0.6 is 0 Å². The Morgan fingerprint density at radius 2 is 1.42 bits per heavy atom. The first-order valence-electron chi connectivity index (χ1n) is 6.66. The number of rotatable bonds is 9. The van der Waals surface area contributed by atoms with Gasteiger partial charge >= 0.3 is 0 Å². The first-order valence-corrected chi connectivity index (χ1v) is 6.66. The van der Waals surface area contributed by atoms with Crippen LogP contribution in [-0.2, 0) is 14.4 Å². The molecule has 6 heteroatoms. The molecule has 19 heavy (non-hydrogen) atoms. The zero-order valence-electron chi connectivity index (χ0n) is 12.2. The molecule has 0 heterocycles. The van der Waals surface area contributed by atoms with Crippen molar-refractivity contribution in [3.05, 3.63) is 0 Å². The number of carbonyl (C=O) groups excluding carboxylic acids is 3. The van der Waals surface area contributed by atoms with Gasteiger partial charge in [-0.25, -0.2) is 0 Å². The van der Waals surface area contributed by atoms with Gasteiger partial charge in [-0.2, -0.15) is 0 Å². The number of hydrogen-bond donors (Lipinski definition) is 3. The lowest BCUT2D eigenvalue weighted by atomic mass is 10.0. The normalized spacial score (nSPS) is 12.1. The molecule has 0 aliphatic rings. The first kappa shape index (κ1) is 17.6. The molecule has 0 aliphatic heterocycles. The van der Waals surface area contributed by atoms with E-state index in [2.05, 4.69) is 16.0 Å². The van der Waals surface area contributed by atoms with E-state index in [0.717, 1.165) is 6.42 Å². The Labute approximate surface area is 114 Å². The summed E-state index contributed by atoms with van der Waals surface area (Å²) < 4.78 is 0. The van der Waals surface area contributed by atoms with Crippen LogP contribution in [0.5, 0.6) is 0 Å². The van der Waals surface area contributed by atoms with Crippen LogP contribution in [0.15, 0.2) is 0 Å². The highest BCUT2D eigenvalue weighted by Crippen LogP contribution is 2.00. The molecule has 0 saturated heterocycles. The number of carbonyl (C=O) groups is 3. The van der Waals surface area contributed by atoms with Crippen LogP contribution in [0.4, 0.5) is 0 Å².